The van der Waals surface area contributed by atoms with Gasteiger partial charge in [-0.05, 0) is 0 Å². The van der Waals surface area contributed by atoms with E-state index < -0.39 is 23.9 Å². The van der Waals surface area contributed by atoms with Crippen molar-refractivity contribution in [1.82, 2.24) is 6.15 Å². The van der Waals surface area contributed by atoms with Crippen molar-refractivity contribution in [2.75, 3.05) is 0 Å². The van der Waals surface area contributed by atoms with Gasteiger partial charge in [0.2, 0.25) is 0 Å². The molecular formula is C4H14NNbO14. The fourth-order valence-electron chi connectivity index (χ4n) is 0. The number of carboxylic acids is 4. The average molecular weight is 393 g/mol. The van der Waals surface area contributed by atoms with E-state index in [1.807, 2.05) is 0 Å². The van der Waals surface area contributed by atoms with Gasteiger partial charge in [-0.25, -0.2) is 0 Å². The summed E-state index contributed by atoms with van der Waals surface area (Å²) < 4.78 is 0. The molecule has 0 spiro atoms. The van der Waals surface area contributed by atoms with Gasteiger partial charge in [0, 0.05) is 0 Å². The Bertz CT molecular complexity index is 181. The topological polar surface area (TPSA) is 383 Å². The molecule has 0 aliphatic rings. The Balaban J connectivity index is -0.00000000893. The molecule has 0 rings (SSSR count). The second kappa shape index (κ2) is 43.3. The van der Waals surface area contributed by atoms with Crippen LogP contribution in [0.5, 0.6) is 0 Å². The van der Waals surface area contributed by atoms with Crippen LogP contribution in [0.4, 0.5) is 0 Å². The average Bonchev–Trinajstić information content (AvgIpc) is 1.88. The molecule has 0 bridgehead atoms. The van der Waals surface area contributed by atoms with Crippen LogP contribution in [0.2, 0.25) is 0 Å². The number of carbonyl (C=O) groups is 4. The molecule has 0 heterocycles. The Morgan fingerprint density at radius 2 is 0.550 bits per heavy atom. The second-order valence-electron chi connectivity index (χ2n) is 1.15. The molecule has 0 radical (unpaired) electrons. The molecule has 14 N–H and O–H groups in total. The molecule has 0 fully saturated rings. The minimum Gasteiger partial charge on any atom is -2.00 e. The van der Waals surface area contributed by atoms with Crippen molar-refractivity contribution in [3.8, 4) is 0 Å². The third-order valence-corrected chi connectivity index (χ3v) is 0.333. The second-order valence-corrected chi connectivity index (χ2v) is 1.15. The number of carboxylic acid groups (broad SMARTS) is 4. The van der Waals surface area contributed by atoms with E-state index >= 15 is 0 Å². The standard InChI is InChI=1S/2C2H2O4.H3N.Nb.5H2O.O/c2*3-1(4)2(5)6;;;;;;;;/h2*(H,3,4)(H,5,6);1H3;;5*1H2;/q;;;+5;;;;;;-2/p-3. The summed E-state index contributed by atoms with van der Waals surface area (Å²) in [6.07, 6.45) is 0. The van der Waals surface area contributed by atoms with Gasteiger partial charge in [-0.1, -0.05) is 0 Å². The molecular weight excluding hydrogens is 379 g/mol. The van der Waals surface area contributed by atoms with Crippen molar-refractivity contribution in [2.45, 2.75) is 0 Å². The molecule has 15 nitrogen and oxygen atoms in total. The van der Waals surface area contributed by atoms with Gasteiger partial charge in [-0.2, -0.15) is 0 Å². The van der Waals surface area contributed by atoms with Crippen molar-refractivity contribution >= 4 is 23.9 Å². The number of carbonyl (C=O) groups excluding carboxylic acids is 4. The van der Waals surface area contributed by atoms with Crippen molar-refractivity contribution in [2.24, 2.45) is 0 Å². The predicted octanol–water partition coefficient (Wildman–Crippen LogP) is -10.9. The first-order chi connectivity index (χ1) is 5.29. The maximum Gasteiger partial charge on any atom is 5.00 e. The summed E-state index contributed by atoms with van der Waals surface area (Å²) in [7, 11) is 0. The van der Waals surface area contributed by atoms with Crippen molar-refractivity contribution in [3.05, 3.63) is 0 Å². The van der Waals surface area contributed by atoms with Crippen molar-refractivity contribution in [3.63, 3.8) is 0 Å². The predicted molar refractivity (Wildman–Crippen MR) is 44.8 cm³/mol. The van der Waals surface area contributed by atoms with Crippen LogP contribution in [0.25, 0.3) is 0 Å². The van der Waals surface area contributed by atoms with E-state index in [1.54, 1.807) is 0 Å². The summed E-state index contributed by atoms with van der Waals surface area (Å²) in [6, 6.07) is 0. The zero-order valence-corrected chi connectivity index (χ0v) is 11.8. The molecule has 0 atom stereocenters. The van der Waals surface area contributed by atoms with Crippen molar-refractivity contribution in [1.29, 1.82) is 0 Å². The maximum absolute atomic E-state index is 8.93. The number of aliphatic carboxylic acids is 4. The van der Waals surface area contributed by atoms with E-state index in [-0.39, 0.29) is 61.4 Å². The summed E-state index contributed by atoms with van der Waals surface area (Å²) >= 11 is 0. The van der Waals surface area contributed by atoms with E-state index in [4.69, 9.17) is 39.6 Å². The summed E-state index contributed by atoms with van der Waals surface area (Å²) in [5.41, 5.74) is 0. The molecule has 0 saturated carbocycles. The van der Waals surface area contributed by atoms with Crippen LogP contribution in [0.1, 0.15) is 0 Å². The number of hydrogen-bond donors (Lipinski definition) is 1. The Morgan fingerprint density at radius 3 is 0.550 bits per heavy atom. The zero-order valence-electron chi connectivity index (χ0n) is 9.62. The Hall–Kier alpha value is -1.66. The number of quaternary nitrogens is 1. The van der Waals surface area contributed by atoms with Crippen LogP contribution in [0.3, 0.4) is 0 Å². The largest absolute Gasteiger partial charge is 5.00 e. The minimum absolute atomic E-state index is 0. The molecule has 0 saturated heterocycles. The first-order valence-corrected chi connectivity index (χ1v) is 2.13. The minimum atomic E-state index is -2.19. The van der Waals surface area contributed by atoms with Crippen LogP contribution >= 0.6 is 0 Å². The number of hydrogen-bond acceptors (Lipinski definition) is 8. The molecule has 0 aliphatic carbocycles. The first-order valence-electron chi connectivity index (χ1n) is 2.13. The zero-order chi connectivity index (χ0) is 10.3. The molecule has 0 amide bonds. The third kappa shape index (κ3) is 95.7. The van der Waals surface area contributed by atoms with Crippen LogP contribution < -0.4 is 26.6 Å². The van der Waals surface area contributed by atoms with E-state index in [1.165, 1.54) is 0 Å². The van der Waals surface area contributed by atoms with Gasteiger partial charge in [-0.3, -0.25) is 0 Å². The number of rotatable bonds is 0. The van der Waals surface area contributed by atoms with Gasteiger partial charge in [0.25, 0.3) is 0 Å². The fraction of sp³-hybridized carbons (Fsp3) is 0. The Labute approximate surface area is 125 Å². The molecule has 124 valence electrons. The van der Waals surface area contributed by atoms with Gasteiger partial charge in [0.05, 0.1) is 23.9 Å². The molecule has 0 aromatic carbocycles. The fourth-order valence-corrected chi connectivity index (χ4v) is 0. The Morgan fingerprint density at radius 1 is 0.500 bits per heavy atom. The van der Waals surface area contributed by atoms with Crippen LogP contribution in [0, 0.1) is 0 Å². The van der Waals surface area contributed by atoms with E-state index in [0.29, 0.717) is 0 Å². The van der Waals surface area contributed by atoms with Crippen molar-refractivity contribution < 1.29 is 94.8 Å². The molecule has 0 aromatic rings. The van der Waals surface area contributed by atoms with Crippen LogP contribution in [-0.2, 0) is 47.0 Å². The monoisotopic (exact) mass is 393 g/mol. The third-order valence-electron chi connectivity index (χ3n) is 0.333. The summed E-state index contributed by atoms with van der Waals surface area (Å²) in [4.78, 5) is 35.7. The molecule has 0 unspecified atom stereocenters. The van der Waals surface area contributed by atoms with Gasteiger partial charge >= 0.3 is 22.4 Å². The summed E-state index contributed by atoms with van der Waals surface area (Å²) in [6.45, 7) is 0. The normalized spacial score (nSPS) is 4.40. The Kier molecular flexibility index (Phi) is 172. The van der Waals surface area contributed by atoms with Gasteiger partial charge in [-0.15, -0.1) is 0 Å². The smallest absolute Gasteiger partial charge is 2.00 e. The quantitative estimate of drug-likeness (QED) is 0.303. The molecule has 0 aliphatic heterocycles. The van der Waals surface area contributed by atoms with Crippen LogP contribution in [-0.4, -0.2) is 51.3 Å². The maximum atomic E-state index is 8.93. The van der Waals surface area contributed by atoms with E-state index in [0.717, 1.165) is 0 Å². The van der Waals surface area contributed by atoms with Gasteiger partial charge < -0.3 is 78.6 Å². The van der Waals surface area contributed by atoms with Gasteiger partial charge in [0.1, 0.15) is 0 Å². The van der Waals surface area contributed by atoms with E-state index in [9.17, 15) is 0 Å². The SMILES string of the molecule is O.O.O.O.O.O=C([O-])C(=O)[O-].O=C([O-])C(=O)[O-].[NH4+].[Nb+5].[O-2]. The van der Waals surface area contributed by atoms with E-state index in [2.05, 4.69) is 0 Å². The molecule has 0 aromatic heterocycles. The molecule has 16 heteroatoms. The van der Waals surface area contributed by atoms with Gasteiger partial charge in [0.15, 0.2) is 0 Å². The summed E-state index contributed by atoms with van der Waals surface area (Å²) in [5.74, 6) is -8.74. The summed E-state index contributed by atoms with van der Waals surface area (Å²) in [5, 5.41) is 35.7. The molecule has 20 heavy (non-hydrogen) atoms. The van der Waals surface area contributed by atoms with Crippen LogP contribution in [0.15, 0.2) is 0 Å². The first kappa shape index (κ1) is 79.3.